The summed E-state index contributed by atoms with van der Waals surface area (Å²) >= 11 is 0. The van der Waals surface area contributed by atoms with Crippen molar-refractivity contribution in [3.8, 4) is 0 Å². The molecule has 0 aliphatic heterocycles. The van der Waals surface area contributed by atoms with Gasteiger partial charge in [0.25, 0.3) is 0 Å². The van der Waals surface area contributed by atoms with Crippen LogP contribution in [0.15, 0.2) is 30.3 Å². The minimum atomic E-state index is -0.717. The molecule has 0 heterocycles. The van der Waals surface area contributed by atoms with Crippen molar-refractivity contribution >= 4 is 0 Å². The largest absolute Gasteiger partial charge is 0.385 e. The van der Waals surface area contributed by atoms with Gasteiger partial charge in [-0.15, -0.1) is 0 Å². The summed E-state index contributed by atoms with van der Waals surface area (Å²) in [5.74, 6) is 0.217. The lowest BCUT2D eigenvalue weighted by Gasteiger charge is -2.35. The van der Waals surface area contributed by atoms with Gasteiger partial charge in [-0.3, -0.25) is 0 Å². The van der Waals surface area contributed by atoms with Crippen LogP contribution in [0.3, 0.4) is 0 Å². The molecule has 2 nitrogen and oxygen atoms in total. The Labute approximate surface area is 98.9 Å². The van der Waals surface area contributed by atoms with Gasteiger partial charge in [0.05, 0.1) is 5.60 Å². The first-order valence-electron chi connectivity index (χ1n) is 5.93. The van der Waals surface area contributed by atoms with Crippen LogP contribution in [0.4, 0.5) is 0 Å². The van der Waals surface area contributed by atoms with Gasteiger partial charge < -0.3 is 10.0 Å². The van der Waals surface area contributed by atoms with E-state index in [1.807, 2.05) is 51.4 Å². The molecule has 0 aromatic heterocycles. The van der Waals surface area contributed by atoms with Gasteiger partial charge in [0.15, 0.2) is 0 Å². The molecule has 0 amide bonds. The van der Waals surface area contributed by atoms with Crippen molar-refractivity contribution in [2.24, 2.45) is 5.92 Å². The van der Waals surface area contributed by atoms with E-state index in [4.69, 9.17) is 0 Å². The monoisotopic (exact) mass is 221 g/mol. The summed E-state index contributed by atoms with van der Waals surface area (Å²) in [5, 5.41) is 10.8. The molecule has 2 atom stereocenters. The number of aliphatic hydroxyl groups is 1. The summed E-state index contributed by atoms with van der Waals surface area (Å²) < 4.78 is 0. The lowest BCUT2D eigenvalue weighted by atomic mass is 9.80. The Morgan fingerprint density at radius 1 is 1.25 bits per heavy atom. The van der Waals surface area contributed by atoms with Crippen molar-refractivity contribution in [1.82, 2.24) is 4.90 Å². The molecule has 0 radical (unpaired) electrons. The third kappa shape index (κ3) is 2.83. The minimum absolute atomic E-state index is 0.217. The number of hydrogen-bond donors (Lipinski definition) is 1. The normalized spacial score (nSPS) is 17.1. The first kappa shape index (κ1) is 13.2. The second kappa shape index (κ2) is 5.46. The fourth-order valence-corrected chi connectivity index (χ4v) is 2.26. The van der Waals surface area contributed by atoms with Gasteiger partial charge in [-0.2, -0.15) is 0 Å². The summed E-state index contributed by atoms with van der Waals surface area (Å²) in [7, 11) is 4.08. The van der Waals surface area contributed by atoms with Gasteiger partial charge >= 0.3 is 0 Å². The van der Waals surface area contributed by atoms with E-state index >= 15 is 0 Å². The van der Waals surface area contributed by atoms with E-state index in [1.54, 1.807) is 0 Å². The third-order valence-electron chi connectivity index (χ3n) is 3.27. The molecular formula is C14H23NO. The van der Waals surface area contributed by atoms with Crippen LogP contribution in [-0.2, 0) is 5.60 Å². The molecule has 0 spiro atoms. The summed E-state index contributed by atoms with van der Waals surface area (Å²) in [5.41, 5.74) is 0.303. The average molecular weight is 221 g/mol. The predicted molar refractivity (Wildman–Crippen MR) is 68.3 cm³/mol. The molecule has 0 aliphatic carbocycles. The molecule has 0 saturated heterocycles. The molecule has 0 bridgehead atoms. The number of nitrogens with zero attached hydrogens (tertiary/aromatic N) is 1. The molecule has 1 N–H and O–H groups in total. The maximum atomic E-state index is 10.8. The standard InChI is InChI=1S/C14H23NO/c1-5-14(16,12(2)11-15(3)4)13-9-7-6-8-10-13/h6-10,12,16H,5,11H2,1-4H3/t12-,14+/m1/s1. The smallest absolute Gasteiger partial charge is 0.0931 e. The molecule has 0 unspecified atom stereocenters. The van der Waals surface area contributed by atoms with Crippen LogP contribution >= 0.6 is 0 Å². The Morgan fingerprint density at radius 3 is 2.25 bits per heavy atom. The lowest BCUT2D eigenvalue weighted by Crippen LogP contribution is -2.38. The van der Waals surface area contributed by atoms with Crippen LogP contribution in [0, 0.1) is 5.92 Å². The van der Waals surface area contributed by atoms with Crippen LogP contribution in [-0.4, -0.2) is 30.6 Å². The number of hydrogen-bond acceptors (Lipinski definition) is 2. The first-order valence-corrected chi connectivity index (χ1v) is 5.93. The SMILES string of the molecule is CC[C@@](O)(c1ccccc1)[C@H](C)CN(C)C. The fourth-order valence-electron chi connectivity index (χ4n) is 2.26. The Hall–Kier alpha value is -0.860. The van der Waals surface area contributed by atoms with E-state index in [9.17, 15) is 5.11 Å². The Bertz CT molecular complexity index is 310. The van der Waals surface area contributed by atoms with Crippen LogP contribution in [0.25, 0.3) is 0 Å². The second-order valence-electron chi connectivity index (χ2n) is 4.81. The molecule has 0 aliphatic rings. The maximum Gasteiger partial charge on any atom is 0.0931 e. The van der Waals surface area contributed by atoms with E-state index in [0.29, 0.717) is 0 Å². The van der Waals surface area contributed by atoms with E-state index in [2.05, 4.69) is 11.8 Å². The second-order valence-corrected chi connectivity index (χ2v) is 4.81. The van der Waals surface area contributed by atoms with E-state index in [1.165, 1.54) is 0 Å². The molecular weight excluding hydrogens is 198 g/mol. The number of rotatable bonds is 5. The Kier molecular flexibility index (Phi) is 4.51. The van der Waals surface area contributed by atoms with Crippen molar-refractivity contribution in [2.75, 3.05) is 20.6 Å². The van der Waals surface area contributed by atoms with Crippen molar-refractivity contribution in [3.05, 3.63) is 35.9 Å². The van der Waals surface area contributed by atoms with E-state index in [0.717, 1.165) is 18.5 Å². The van der Waals surface area contributed by atoms with E-state index < -0.39 is 5.60 Å². The highest BCUT2D eigenvalue weighted by atomic mass is 16.3. The maximum absolute atomic E-state index is 10.8. The highest BCUT2D eigenvalue weighted by Gasteiger charge is 2.33. The lowest BCUT2D eigenvalue weighted by molar-refractivity contribution is -0.0291. The van der Waals surface area contributed by atoms with Gasteiger partial charge in [0.1, 0.15) is 0 Å². The fraction of sp³-hybridized carbons (Fsp3) is 0.571. The predicted octanol–water partition coefficient (Wildman–Crippen LogP) is 2.48. The summed E-state index contributed by atoms with van der Waals surface area (Å²) in [6, 6.07) is 9.97. The van der Waals surface area contributed by atoms with Crippen molar-refractivity contribution in [1.29, 1.82) is 0 Å². The van der Waals surface area contributed by atoms with Gasteiger partial charge in [0, 0.05) is 12.5 Å². The van der Waals surface area contributed by atoms with Crippen molar-refractivity contribution < 1.29 is 5.11 Å². The quantitative estimate of drug-likeness (QED) is 0.825. The van der Waals surface area contributed by atoms with Gasteiger partial charge in [-0.1, -0.05) is 44.2 Å². The zero-order chi connectivity index (χ0) is 12.2. The molecule has 0 saturated carbocycles. The topological polar surface area (TPSA) is 23.5 Å². The third-order valence-corrected chi connectivity index (χ3v) is 3.27. The Morgan fingerprint density at radius 2 is 1.81 bits per heavy atom. The van der Waals surface area contributed by atoms with Crippen LogP contribution < -0.4 is 0 Å². The molecule has 0 fully saturated rings. The van der Waals surface area contributed by atoms with Gasteiger partial charge in [0.2, 0.25) is 0 Å². The zero-order valence-electron chi connectivity index (χ0n) is 10.8. The molecule has 1 aromatic rings. The Balaban J connectivity index is 2.93. The molecule has 16 heavy (non-hydrogen) atoms. The highest BCUT2D eigenvalue weighted by Crippen LogP contribution is 2.33. The van der Waals surface area contributed by atoms with Crippen LogP contribution in [0.2, 0.25) is 0 Å². The highest BCUT2D eigenvalue weighted by molar-refractivity contribution is 5.23. The van der Waals surface area contributed by atoms with Gasteiger partial charge in [-0.25, -0.2) is 0 Å². The minimum Gasteiger partial charge on any atom is -0.385 e. The summed E-state index contributed by atoms with van der Waals surface area (Å²) in [6.45, 7) is 5.04. The van der Waals surface area contributed by atoms with Gasteiger partial charge in [-0.05, 0) is 26.1 Å². The molecule has 1 aromatic carbocycles. The number of benzene rings is 1. The summed E-state index contributed by atoms with van der Waals surface area (Å²) in [6.07, 6.45) is 0.742. The van der Waals surface area contributed by atoms with Crippen LogP contribution in [0.5, 0.6) is 0 Å². The van der Waals surface area contributed by atoms with Crippen LogP contribution in [0.1, 0.15) is 25.8 Å². The molecule has 90 valence electrons. The van der Waals surface area contributed by atoms with Crippen molar-refractivity contribution in [3.63, 3.8) is 0 Å². The molecule has 1 rings (SSSR count). The van der Waals surface area contributed by atoms with E-state index in [-0.39, 0.29) is 5.92 Å². The van der Waals surface area contributed by atoms with Crippen molar-refractivity contribution in [2.45, 2.75) is 25.9 Å². The summed E-state index contributed by atoms with van der Waals surface area (Å²) in [4.78, 5) is 2.12. The average Bonchev–Trinajstić information content (AvgIpc) is 2.28. The zero-order valence-corrected chi connectivity index (χ0v) is 10.8. The molecule has 2 heteroatoms. The first-order chi connectivity index (χ1) is 7.50.